The van der Waals surface area contributed by atoms with E-state index in [9.17, 15) is 14.7 Å². The summed E-state index contributed by atoms with van der Waals surface area (Å²) in [6.45, 7) is 5.24. The van der Waals surface area contributed by atoms with Gasteiger partial charge >= 0.3 is 0 Å². The number of aliphatic hydroxyl groups excluding tert-OH is 1. The third-order valence-electron chi connectivity index (χ3n) is 5.89. The van der Waals surface area contributed by atoms with Gasteiger partial charge in [-0.1, -0.05) is 41.4 Å². The normalized spacial score (nSPS) is 17.5. The van der Waals surface area contributed by atoms with Gasteiger partial charge in [0.2, 0.25) is 0 Å². The molecular weight excluding hydrogens is 430 g/mol. The number of aliphatic hydroxyl groups is 1. The van der Waals surface area contributed by atoms with Crippen molar-refractivity contribution in [1.29, 1.82) is 0 Å². The molecule has 7 nitrogen and oxygen atoms in total. The highest BCUT2D eigenvalue weighted by molar-refractivity contribution is 6.46. The Hall–Kier alpha value is -2.87. The topological polar surface area (TPSA) is 73.3 Å². The van der Waals surface area contributed by atoms with Crippen molar-refractivity contribution in [2.45, 2.75) is 6.92 Å². The van der Waals surface area contributed by atoms with E-state index in [1.807, 2.05) is 36.1 Å². The predicted molar refractivity (Wildman–Crippen MR) is 124 cm³/mol. The summed E-state index contributed by atoms with van der Waals surface area (Å²) in [4.78, 5) is 32.7. The van der Waals surface area contributed by atoms with Crippen LogP contribution in [-0.4, -0.2) is 73.2 Å². The number of amides is 2. The Bertz CT molecular complexity index is 1060. The van der Waals surface area contributed by atoms with Gasteiger partial charge in [0, 0.05) is 37.7 Å². The number of piperazine rings is 1. The van der Waals surface area contributed by atoms with Crippen LogP contribution in [0.3, 0.4) is 0 Å². The lowest BCUT2D eigenvalue weighted by Crippen LogP contribution is -2.48. The Balaban J connectivity index is 1.78. The maximum atomic E-state index is 13.7. The molecule has 0 spiro atoms. The Morgan fingerprint density at radius 2 is 1.69 bits per heavy atom. The Morgan fingerprint density at radius 3 is 2.31 bits per heavy atom. The molecule has 2 amide bonds. The van der Waals surface area contributed by atoms with E-state index in [1.54, 1.807) is 18.2 Å². The number of benzene rings is 2. The van der Waals surface area contributed by atoms with Crippen LogP contribution in [0, 0.1) is 6.92 Å². The molecule has 0 saturated carbocycles. The first-order valence-corrected chi connectivity index (χ1v) is 10.9. The Kier molecular flexibility index (Phi) is 6.50. The third-order valence-corrected chi connectivity index (χ3v) is 6.12. The van der Waals surface area contributed by atoms with Gasteiger partial charge in [0.05, 0.1) is 25.0 Å². The fourth-order valence-electron chi connectivity index (χ4n) is 4.19. The van der Waals surface area contributed by atoms with Gasteiger partial charge in [0.1, 0.15) is 11.4 Å². The van der Waals surface area contributed by atoms with Gasteiger partial charge in [-0.05, 0) is 30.7 Å². The number of hydrogen-bond acceptors (Lipinski definition) is 6. The number of carbonyl (C=O) groups is 2. The molecule has 2 heterocycles. The lowest BCUT2D eigenvalue weighted by molar-refractivity contribution is -0.120. The summed E-state index contributed by atoms with van der Waals surface area (Å²) in [6.07, 6.45) is 0. The average molecular weight is 456 g/mol. The minimum Gasteiger partial charge on any atom is -0.495 e. The van der Waals surface area contributed by atoms with Crippen molar-refractivity contribution in [1.82, 2.24) is 9.80 Å². The maximum absolute atomic E-state index is 13.7. The second kappa shape index (κ2) is 9.32. The van der Waals surface area contributed by atoms with E-state index >= 15 is 0 Å². The molecule has 2 aliphatic heterocycles. The summed E-state index contributed by atoms with van der Waals surface area (Å²) in [5, 5.41) is 9.63. The van der Waals surface area contributed by atoms with Gasteiger partial charge in [-0.2, -0.15) is 0 Å². The number of halogens is 1. The van der Waals surface area contributed by atoms with Gasteiger partial charge in [-0.3, -0.25) is 14.5 Å². The number of β-amino-alcohol motifs (C(OH)–C–C–N with tert-alkyl or cyclic N) is 1. The van der Waals surface area contributed by atoms with Crippen molar-refractivity contribution in [3.63, 3.8) is 0 Å². The van der Waals surface area contributed by atoms with E-state index in [0.717, 1.165) is 10.5 Å². The summed E-state index contributed by atoms with van der Waals surface area (Å²) in [5.74, 6) is -0.387. The van der Waals surface area contributed by atoms with Gasteiger partial charge in [0.25, 0.3) is 11.8 Å². The van der Waals surface area contributed by atoms with E-state index < -0.39 is 5.91 Å². The molecule has 32 heavy (non-hydrogen) atoms. The van der Waals surface area contributed by atoms with Crippen LogP contribution in [-0.2, 0) is 9.59 Å². The molecule has 2 aliphatic rings. The number of rotatable bonds is 6. The van der Waals surface area contributed by atoms with Crippen LogP contribution in [0.15, 0.2) is 48.2 Å². The van der Waals surface area contributed by atoms with E-state index in [2.05, 4.69) is 4.90 Å². The van der Waals surface area contributed by atoms with Crippen molar-refractivity contribution in [3.8, 4) is 5.75 Å². The third kappa shape index (κ3) is 4.11. The zero-order valence-electron chi connectivity index (χ0n) is 18.2. The van der Waals surface area contributed by atoms with Crippen molar-refractivity contribution in [2.24, 2.45) is 0 Å². The van der Waals surface area contributed by atoms with Crippen LogP contribution in [0.4, 0.5) is 5.69 Å². The van der Waals surface area contributed by atoms with Crippen molar-refractivity contribution in [3.05, 3.63) is 64.3 Å². The van der Waals surface area contributed by atoms with Gasteiger partial charge in [-0.15, -0.1) is 0 Å². The van der Waals surface area contributed by atoms with Crippen LogP contribution in [0.25, 0.3) is 5.57 Å². The molecule has 1 N–H and O–H groups in total. The number of anilines is 1. The van der Waals surface area contributed by atoms with Gasteiger partial charge < -0.3 is 14.7 Å². The van der Waals surface area contributed by atoms with Crippen LogP contribution < -0.4 is 9.64 Å². The number of ether oxygens (including phenoxy) is 1. The lowest BCUT2D eigenvalue weighted by Gasteiger charge is -2.36. The Morgan fingerprint density at radius 1 is 1.00 bits per heavy atom. The molecule has 0 unspecified atom stereocenters. The summed E-state index contributed by atoms with van der Waals surface area (Å²) in [6, 6.07) is 12.5. The summed E-state index contributed by atoms with van der Waals surface area (Å²) in [7, 11) is 1.49. The maximum Gasteiger partial charge on any atom is 0.282 e. The second-order valence-corrected chi connectivity index (χ2v) is 8.34. The second-order valence-electron chi connectivity index (χ2n) is 7.90. The molecule has 0 aliphatic carbocycles. The number of methoxy groups -OCH3 is 1. The first-order chi connectivity index (χ1) is 15.4. The number of nitrogens with zero attached hydrogens (tertiary/aromatic N) is 3. The molecular formula is C24H26ClN3O4. The van der Waals surface area contributed by atoms with Crippen molar-refractivity contribution >= 4 is 34.7 Å². The minimum atomic E-state index is -0.396. The number of carbonyl (C=O) groups excluding carboxylic acids is 2. The molecule has 168 valence electrons. The van der Waals surface area contributed by atoms with E-state index in [0.29, 0.717) is 66.0 Å². The van der Waals surface area contributed by atoms with E-state index in [-0.39, 0.29) is 12.5 Å². The molecule has 2 aromatic carbocycles. The highest BCUT2D eigenvalue weighted by atomic mass is 35.5. The van der Waals surface area contributed by atoms with Gasteiger partial charge in [0.15, 0.2) is 0 Å². The zero-order valence-corrected chi connectivity index (χ0v) is 18.9. The van der Waals surface area contributed by atoms with Crippen LogP contribution in [0.5, 0.6) is 5.75 Å². The molecule has 2 aromatic rings. The van der Waals surface area contributed by atoms with Crippen molar-refractivity contribution in [2.75, 3.05) is 51.3 Å². The summed E-state index contributed by atoms with van der Waals surface area (Å²) < 4.78 is 5.42. The largest absolute Gasteiger partial charge is 0.495 e. The summed E-state index contributed by atoms with van der Waals surface area (Å²) >= 11 is 6.19. The monoisotopic (exact) mass is 455 g/mol. The minimum absolute atomic E-state index is 0.0943. The molecule has 0 bridgehead atoms. The first kappa shape index (κ1) is 22.3. The van der Waals surface area contributed by atoms with E-state index in [1.165, 1.54) is 7.11 Å². The van der Waals surface area contributed by atoms with E-state index in [4.69, 9.17) is 16.3 Å². The molecule has 1 saturated heterocycles. The quantitative estimate of drug-likeness (QED) is 0.675. The molecule has 0 aromatic heterocycles. The van der Waals surface area contributed by atoms with Crippen LogP contribution >= 0.6 is 11.6 Å². The fourth-order valence-corrected chi connectivity index (χ4v) is 4.35. The summed E-state index contributed by atoms with van der Waals surface area (Å²) in [5.41, 5.74) is 2.87. The average Bonchev–Trinajstić information content (AvgIpc) is 3.05. The SMILES string of the molecule is COc1ccc(Cl)cc1N1C(=O)C(c2ccc(C)cc2)=C(N2CCN(CCO)CC2)C1=O. The molecule has 8 heteroatoms. The molecule has 0 atom stereocenters. The predicted octanol–water partition coefficient (Wildman–Crippen LogP) is 2.55. The molecule has 0 radical (unpaired) electrons. The standard InChI is InChI=1S/C24H26ClN3O4/c1-16-3-5-17(6-4-16)21-22(27-11-9-26(10-12-27)13-14-29)24(31)28(23(21)30)19-15-18(25)7-8-20(19)32-2/h3-8,15,29H,9-14H2,1-2H3. The van der Waals surface area contributed by atoms with Crippen LogP contribution in [0.2, 0.25) is 5.02 Å². The molecule has 1 fully saturated rings. The first-order valence-electron chi connectivity index (χ1n) is 10.6. The van der Waals surface area contributed by atoms with Gasteiger partial charge in [-0.25, -0.2) is 4.90 Å². The highest BCUT2D eigenvalue weighted by Crippen LogP contribution is 2.40. The number of hydrogen-bond donors (Lipinski definition) is 1. The Labute approximate surface area is 192 Å². The van der Waals surface area contributed by atoms with Crippen LogP contribution in [0.1, 0.15) is 11.1 Å². The lowest BCUT2D eigenvalue weighted by atomic mass is 10.0. The fraction of sp³-hybridized carbons (Fsp3) is 0.333. The number of imide groups is 1. The molecule has 4 rings (SSSR count). The number of aryl methyl sites for hydroxylation is 1. The smallest absolute Gasteiger partial charge is 0.282 e. The van der Waals surface area contributed by atoms with Crippen molar-refractivity contribution < 1.29 is 19.4 Å². The highest BCUT2D eigenvalue weighted by Gasteiger charge is 2.44. The zero-order chi connectivity index (χ0) is 22.8.